The average molecular weight is 329 g/mol. The van der Waals surface area contributed by atoms with Gasteiger partial charge in [-0.05, 0) is 24.1 Å². The molecule has 0 saturated heterocycles. The van der Waals surface area contributed by atoms with Crippen molar-refractivity contribution < 1.29 is 9.53 Å². The Balaban J connectivity index is 1.66. The number of thioether (sulfide) groups is 1. The smallest absolute Gasteiger partial charge is 0.261 e. The Bertz CT molecular complexity index is 574. The predicted molar refractivity (Wildman–Crippen MR) is 96.8 cm³/mol. The highest BCUT2D eigenvalue weighted by molar-refractivity contribution is 7.98. The number of carbonyl (C=O) groups is 1. The third kappa shape index (κ3) is 6.37. The van der Waals surface area contributed by atoms with E-state index in [0.717, 1.165) is 17.3 Å². The molecule has 0 aliphatic rings. The van der Waals surface area contributed by atoms with Crippen LogP contribution in [0.25, 0.3) is 0 Å². The first-order valence-electron chi connectivity index (χ1n) is 7.90. The van der Waals surface area contributed by atoms with Gasteiger partial charge in [0.05, 0.1) is 0 Å². The average Bonchev–Trinajstić information content (AvgIpc) is 2.61. The van der Waals surface area contributed by atoms with Crippen LogP contribution in [0.5, 0.6) is 5.75 Å². The van der Waals surface area contributed by atoms with Crippen molar-refractivity contribution in [2.45, 2.75) is 25.2 Å². The van der Waals surface area contributed by atoms with Crippen molar-refractivity contribution in [1.29, 1.82) is 0 Å². The molecule has 0 spiro atoms. The van der Waals surface area contributed by atoms with Crippen molar-refractivity contribution in [1.82, 2.24) is 5.32 Å². The molecule has 0 heterocycles. The number of nitrogens with one attached hydrogen (secondary N) is 1. The minimum absolute atomic E-state index is 0.0448. The minimum Gasteiger partial charge on any atom is -0.481 e. The normalized spacial score (nSPS) is 11.7. The summed E-state index contributed by atoms with van der Waals surface area (Å²) in [5.74, 6) is 2.54. The lowest BCUT2D eigenvalue weighted by atomic mass is 10.2. The summed E-state index contributed by atoms with van der Waals surface area (Å²) in [5, 5.41) is 2.96. The van der Waals surface area contributed by atoms with E-state index >= 15 is 0 Å². The summed E-state index contributed by atoms with van der Waals surface area (Å²) in [6.45, 7) is 2.61. The first-order valence-corrected chi connectivity index (χ1v) is 9.06. The number of hydrogen-bond donors (Lipinski definition) is 1. The zero-order chi connectivity index (χ0) is 16.3. The molecule has 0 radical (unpaired) electrons. The van der Waals surface area contributed by atoms with E-state index in [1.54, 1.807) is 0 Å². The maximum atomic E-state index is 12.2. The molecular formula is C19H23NO2S. The predicted octanol–water partition coefficient (Wildman–Crippen LogP) is 3.89. The number of para-hydroxylation sites is 1. The van der Waals surface area contributed by atoms with Gasteiger partial charge in [-0.1, -0.05) is 55.5 Å². The zero-order valence-corrected chi connectivity index (χ0v) is 14.2. The van der Waals surface area contributed by atoms with Crippen molar-refractivity contribution in [2.75, 3.05) is 12.3 Å². The van der Waals surface area contributed by atoms with Gasteiger partial charge >= 0.3 is 0 Å². The highest BCUT2D eigenvalue weighted by atomic mass is 32.2. The molecule has 4 heteroatoms. The molecule has 0 bridgehead atoms. The number of hydrogen-bond acceptors (Lipinski definition) is 3. The number of rotatable bonds is 9. The fourth-order valence-electron chi connectivity index (χ4n) is 2.11. The van der Waals surface area contributed by atoms with E-state index in [1.165, 1.54) is 5.56 Å². The van der Waals surface area contributed by atoms with Crippen molar-refractivity contribution in [3.63, 3.8) is 0 Å². The van der Waals surface area contributed by atoms with Crippen LogP contribution in [0.4, 0.5) is 0 Å². The Kier molecular flexibility index (Phi) is 7.54. The fourth-order valence-corrected chi connectivity index (χ4v) is 2.93. The molecule has 2 rings (SSSR count). The van der Waals surface area contributed by atoms with Crippen molar-refractivity contribution >= 4 is 17.7 Å². The largest absolute Gasteiger partial charge is 0.481 e. The molecule has 1 N–H and O–H groups in total. The fraction of sp³-hybridized carbons (Fsp3) is 0.316. The summed E-state index contributed by atoms with van der Waals surface area (Å²) in [6, 6.07) is 19.8. The van der Waals surface area contributed by atoms with Crippen LogP contribution in [0, 0.1) is 0 Å². The molecule has 23 heavy (non-hydrogen) atoms. The van der Waals surface area contributed by atoms with Gasteiger partial charge in [0.2, 0.25) is 0 Å². The van der Waals surface area contributed by atoms with Crippen LogP contribution in [0.15, 0.2) is 60.7 Å². The first kappa shape index (κ1) is 17.4. The SMILES string of the molecule is CC[C@H](Oc1ccccc1)C(=O)NCCSCc1ccccc1. The molecule has 0 unspecified atom stereocenters. The van der Waals surface area contributed by atoms with E-state index in [4.69, 9.17) is 4.74 Å². The molecular weight excluding hydrogens is 306 g/mol. The second-order valence-corrected chi connectivity index (χ2v) is 6.26. The van der Waals surface area contributed by atoms with E-state index < -0.39 is 6.10 Å². The standard InChI is InChI=1S/C19H23NO2S/c1-2-18(22-17-11-7-4-8-12-17)19(21)20-13-14-23-15-16-9-5-3-6-10-16/h3-12,18H,2,13-15H2,1H3,(H,20,21)/t18-/m0/s1. The van der Waals surface area contributed by atoms with Gasteiger partial charge in [0, 0.05) is 18.1 Å². The number of benzene rings is 2. The summed E-state index contributed by atoms with van der Waals surface area (Å²) < 4.78 is 5.73. The van der Waals surface area contributed by atoms with Crippen molar-refractivity contribution in [2.24, 2.45) is 0 Å². The van der Waals surface area contributed by atoms with Gasteiger partial charge in [-0.15, -0.1) is 0 Å². The van der Waals surface area contributed by atoms with Crippen LogP contribution in [0.1, 0.15) is 18.9 Å². The molecule has 1 amide bonds. The summed E-state index contributed by atoms with van der Waals surface area (Å²) in [6.07, 6.45) is 0.217. The number of carbonyl (C=O) groups excluding carboxylic acids is 1. The molecule has 0 aliphatic heterocycles. The summed E-state index contributed by atoms with van der Waals surface area (Å²) in [4.78, 5) is 12.2. The molecule has 0 fully saturated rings. The minimum atomic E-state index is -0.434. The van der Waals surface area contributed by atoms with Crippen LogP contribution in [0.3, 0.4) is 0 Å². The van der Waals surface area contributed by atoms with Gasteiger partial charge < -0.3 is 10.1 Å². The quantitative estimate of drug-likeness (QED) is 0.709. The van der Waals surface area contributed by atoms with E-state index in [0.29, 0.717) is 13.0 Å². The van der Waals surface area contributed by atoms with Crippen LogP contribution >= 0.6 is 11.8 Å². The van der Waals surface area contributed by atoms with Crippen LogP contribution < -0.4 is 10.1 Å². The lowest BCUT2D eigenvalue weighted by molar-refractivity contribution is -0.127. The molecule has 0 aliphatic carbocycles. The highest BCUT2D eigenvalue weighted by Gasteiger charge is 2.17. The molecule has 2 aromatic carbocycles. The maximum Gasteiger partial charge on any atom is 0.261 e. The Morgan fingerprint density at radius 3 is 2.39 bits per heavy atom. The van der Waals surface area contributed by atoms with Crippen molar-refractivity contribution in [3.05, 3.63) is 66.2 Å². The maximum absolute atomic E-state index is 12.2. The zero-order valence-electron chi connectivity index (χ0n) is 13.4. The molecule has 3 nitrogen and oxygen atoms in total. The van der Waals surface area contributed by atoms with Gasteiger partial charge in [-0.25, -0.2) is 0 Å². The molecule has 2 aromatic rings. The summed E-state index contributed by atoms with van der Waals surface area (Å²) in [5.41, 5.74) is 1.31. The van der Waals surface area contributed by atoms with Gasteiger partial charge in [-0.3, -0.25) is 4.79 Å². The summed E-state index contributed by atoms with van der Waals surface area (Å²) in [7, 11) is 0. The Morgan fingerprint density at radius 2 is 1.74 bits per heavy atom. The van der Waals surface area contributed by atoms with E-state index in [2.05, 4.69) is 17.4 Å². The Morgan fingerprint density at radius 1 is 1.09 bits per heavy atom. The third-order valence-corrected chi connectivity index (χ3v) is 4.37. The van der Waals surface area contributed by atoms with Gasteiger partial charge in [-0.2, -0.15) is 11.8 Å². The number of amides is 1. The third-order valence-electron chi connectivity index (χ3n) is 3.34. The van der Waals surface area contributed by atoms with Gasteiger partial charge in [0.1, 0.15) is 5.75 Å². The highest BCUT2D eigenvalue weighted by Crippen LogP contribution is 2.13. The second kappa shape index (κ2) is 9.95. The van der Waals surface area contributed by atoms with Gasteiger partial charge in [0.15, 0.2) is 6.10 Å². The monoisotopic (exact) mass is 329 g/mol. The lowest BCUT2D eigenvalue weighted by Crippen LogP contribution is -2.39. The van der Waals surface area contributed by atoms with Crippen molar-refractivity contribution in [3.8, 4) is 5.75 Å². The number of ether oxygens (including phenoxy) is 1. The lowest BCUT2D eigenvalue weighted by Gasteiger charge is -2.17. The van der Waals surface area contributed by atoms with Gasteiger partial charge in [0.25, 0.3) is 5.91 Å². The molecule has 0 aromatic heterocycles. The van der Waals surface area contributed by atoms with E-state index in [-0.39, 0.29) is 5.91 Å². The van der Waals surface area contributed by atoms with Crippen LogP contribution in [0.2, 0.25) is 0 Å². The van der Waals surface area contributed by atoms with E-state index in [1.807, 2.05) is 67.2 Å². The van der Waals surface area contributed by atoms with E-state index in [9.17, 15) is 4.79 Å². The molecule has 0 saturated carbocycles. The Hall–Kier alpha value is -1.94. The second-order valence-electron chi connectivity index (χ2n) is 5.16. The molecule has 1 atom stereocenters. The topological polar surface area (TPSA) is 38.3 Å². The molecule has 122 valence electrons. The summed E-state index contributed by atoms with van der Waals surface area (Å²) >= 11 is 1.82. The van der Waals surface area contributed by atoms with Crippen LogP contribution in [-0.4, -0.2) is 24.3 Å². The Labute approximate surface area is 142 Å². The first-order chi connectivity index (χ1) is 11.3. The van der Waals surface area contributed by atoms with Crippen LogP contribution in [-0.2, 0) is 10.5 Å².